The molecule has 0 aliphatic heterocycles. The topological polar surface area (TPSA) is 72.0 Å². The highest BCUT2D eigenvalue weighted by Crippen LogP contribution is 2.55. The van der Waals surface area contributed by atoms with Crippen LogP contribution in [0.1, 0.15) is 49.7 Å². The predicted molar refractivity (Wildman–Crippen MR) is 113 cm³/mol. The summed E-state index contributed by atoms with van der Waals surface area (Å²) in [6.07, 6.45) is 15.7. The number of nitrogens with one attached hydrogen (secondary N) is 1. The zero-order valence-corrected chi connectivity index (χ0v) is 17.3. The van der Waals surface area contributed by atoms with E-state index >= 15 is 0 Å². The van der Waals surface area contributed by atoms with Crippen molar-refractivity contribution in [2.24, 2.45) is 23.2 Å². The van der Waals surface area contributed by atoms with E-state index in [0.29, 0.717) is 12.8 Å². The third kappa shape index (κ3) is 3.66. The number of hydrogen-bond donors (Lipinski definition) is 1. The lowest BCUT2D eigenvalue weighted by atomic mass is 9.53. The van der Waals surface area contributed by atoms with Gasteiger partial charge in [-0.15, -0.1) is 0 Å². The molecule has 30 heavy (non-hydrogen) atoms. The number of hydrogen-bond acceptors (Lipinski definition) is 4. The first kappa shape index (κ1) is 19.4. The summed E-state index contributed by atoms with van der Waals surface area (Å²) in [6.45, 7) is 0. The summed E-state index contributed by atoms with van der Waals surface area (Å²) in [5, 5.41) is 3.46. The van der Waals surface area contributed by atoms with E-state index in [-0.39, 0.29) is 11.4 Å². The van der Waals surface area contributed by atoms with Crippen molar-refractivity contribution in [2.45, 2.75) is 56.9 Å². The van der Waals surface area contributed by atoms with Gasteiger partial charge >= 0.3 is 0 Å². The number of aldehydes is 1. The van der Waals surface area contributed by atoms with E-state index in [0.717, 1.165) is 54.4 Å². The maximum absolute atomic E-state index is 13.8. The van der Waals surface area contributed by atoms with Crippen LogP contribution in [-0.2, 0) is 22.4 Å². The van der Waals surface area contributed by atoms with Crippen LogP contribution >= 0.6 is 0 Å². The van der Waals surface area contributed by atoms with Gasteiger partial charge in [0.05, 0.1) is 0 Å². The molecule has 2 heterocycles. The molecule has 156 valence electrons. The Bertz CT molecular complexity index is 836. The standard InChI is InChI=1S/C25H29N3O2/c29-17-24(12-18-1-5-26-6-2-18,13-19-3-7-27-8-4-19)23(30)28-25-14-20-9-21(15-25)11-22(10-20)16-25/h1-8,17,20-22H,9-16H2,(H,28,30). The molecule has 4 saturated carbocycles. The number of carbonyl (C=O) groups is 2. The summed E-state index contributed by atoms with van der Waals surface area (Å²) in [5.74, 6) is 2.10. The Labute approximate surface area is 177 Å². The monoisotopic (exact) mass is 403 g/mol. The van der Waals surface area contributed by atoms with Gasteiger partial charge in [-0.3, -0.25) is 14.8 Å². The Morgan fingerprint density at radius 3 is 1.73 bits per heavy atom. The molecule has 1 amide bonds. The second-order valence-corrected chi connectivity index (χ2v) is 9.99. The number of amides is 1. The minimum absolute atomic E-state index is 0.115. The second kappa shape index (κ2) is 7.60. The second-order valence-electron chi connectivity index (χ2n) is 9.99. The lowest BCUT2D eigenvalue weighted by Crippen LogP contribution is -2.62. The van der Waals surface area contributed by atoms with Gasteiger partial charge in [0.15, 0.2) is 0 Å². The molecule has 6 rings (SSSR count). The maximum Gasteiger partial charge on any atom is 0.234 e. The van der Waals surface area contributed by atoms with Gasteiger partial charge in [-0.2, -0.15) is 0 Å². The SMILES string of the molecule is O=CC(Cc1ccncc1)(Cc1ccncc1)C(=O)NC12CC3CC(CC(C3)C1)C2. The molecule has 2 aromatic heterocycles. The van der Waals surface area contributed by atoms with Crippen LogP contribution in [0.15, 0.2) is 49.1 Å². The lowest BCUT2D eigenvalue weighted by Gasteiger charge is -2.57. The summed E-state index contributed by atoms with van der Waals surface area (Å²) in [4.78, 5) is 34.5. The Morgan fingerprint density at radius 2 is 1.33 bits per heavy atom. The molecule has 0 radical (unpaired) electrons. The van der Waals surface area contributed by atoms with Crippen LogP contribution in [-0.4, -0.2) is 27.7 Å². The fourth-order valence-electron chi connectivity index (χ4n) is 6.72. The van der Waals surface area contributed by atoms with Gasteiger partial charge in [-0.25, -0.2) is 0 Å². The number of nitrogens with zero attached hydrogens (tertiary/aromatic N) is 2. The number of aromatic nitrogens is 2. The van der Waals surface area contributed by atoms with E-state index < -0.39 is 5.41 Å². The molecule has 5 heteroatoms. The van der Waals surface area contributed by atoms with Crippen molar-refractivity contribution in [3.8, 4) is 0 Å². The van der Waals surface area contributed by atoms with Crippen molar-refractivity contribution in [3.63, 3.8) is 0 Å². The maximum atomic E-state index is 13.8. The highest BCUT2D eigenvalue weighted by Gasteiger charge is 2.53. The largest absolute Gasteiger partial charge is 0.350 e. The summed E-state index contributed by atoms with van der Waals surface area (Å²) in [5.41, 5.74) is 0.654. The Morgan fingerprint density at radius 1 is 0.900 bits per heavy atom. The van der Waals surface area contributed by atoms with Crippen molar-refractivity contribution < 1.29 is 9.59 Å². The number of carbonyl (C=O) groups excluding carboxylic acids is 2. The zero-order chi connectivity index (χ0) is 20.6. The molecule has 0 spiro atoms. The van der Waals surface area contributed by atoms with Gasteiger partial charge < -0.3 is 10.1 Å². The molecular formula is C25H29N3O2. The highest BCUT2D eigenvalue weighted by atomic mass is 16.2. The van der Waals surface area contributed by atoms with Crippen molar-refractivity contribution in [1.82, 2.24) is 15.3 Å². The third-order valence-electron chi connectivity index (χ3n) is 7.63. The van der Waals surface area contributed by atoms with Gasteiger partial charge in [0.1, 0.15) is 11.7 Å². The molecule has 4 fully saturated rings. The summed E-state index contributed by atoms with van der Waals surface area (Å²) >= 11 is 0. The van der Waals surface area contributed by atoms with Crippen molar-refractivity contribution in [1.29, 1.82) is 0 Å². The van der Waals surface area contributed by atoms with Crippen LogP contribution in [0, 0.1) is 23.2 Å². The predicted octanol–water partition coefficient (Wildman–Crippen LogP) is 3.53. The molecule has 0 aromatic carbocycles. The Hall–Kier alpha value is -2.56. The van der Waals surface area contributed by atoms with E-state index in [1.54, 1.807) is 24.8 Å². The van der Waals surface area contributed by atoms with Crippen LogP contribution in [0.25, 0.3) is 0 Å². The first-order valence-corrected chi connectivity index (χ1v) is 11.1. The molecule has 4 aliphatic rings. The average Bonchev–Trinajstić information content (AvgIpc) is 2.73. The van der Waals surface area contributed by atoms with Crippen LogP contribution in [0.4, 0.5) is 0 Å². The minimum Gasteiger partial charge on any atom is -0.350 e. The van der Waals surface area contributed by atoms with Crippen LogP contribution in [0.2, 0.25) is 0 Å². The number of rotatable bonds is 7. The lowest BCUT2D eigenvalue weighted by molar-refractivity contribution is -0.141. The Kier molecular flexibility index (Phi) is 4.92. The molecule has 4 bridgehead atoms. The number of pyridine rings is 2. The first-order chi connectivity index (χ1) is 14.6. The van der Waals surface area contributed by atoms with Crippen molar-refractivity contribution in [3.05, 3.63) is 60.2 Å². The fraction of sp³-hybridized carbons (Fsp3) is 0.520. The van der Waals surface area contributed by atoms with E-state index in [9.17, 15) is 9.59 Å². The van der Waals surface area contributed by atoms with Crippen molar-refractivity contribution >= 4 is 12.2 Å². The summed E-state index contributed by atoms with van der Waals surface area (Å²) in [6, 6.07) is 7.57. The Balaban J connectivity index is 1.44. The molecule has 5 nitrogen and oxygen atoms in total. The molecule has 2 aromatic rings. The third-order valence-corrected chi connectivity index (χ3v) is 7.63. The zero-order valence-electron chi connectivity index (χ0n) is 17.3. The average molecular weight is 404 g/mol. The quantitative estimate of drug-likeness (QED) is 0.567. The van der Waals surface area contributed by atoms with Gasteiger partial charge in [0, 0.05) is 30.3 Å². The molecule has 1 N–H and O–H groups in total. The normalized spacial score (nSPS) is 29.5. The van der Waals surface area contributed by atoms with Crippen molar-refractivity contribution in [2.75, 3.05) is 0 Å². The summed E-state index contributed by atoms with van der Waals surface area (Å²) < 4.78 is 0. The van der Waals surface area contributed by atoms with Gasteiger partial charge in [-0.1, -0.05) is 0 Å². The summed E-state index contributed by atoms with van der Waals surface area (Å²) in [7, 11) is 0. The van der Waals surface area contributed by atoms with Crippen LogP contribution in [0.5, 0.6) is 0 Å². The van der Waals surface area contributed by atoms with E-state index in [1.165, 1.54) is 19.3 Å². The molecule has 0 unspecified atom stereocenters. The van der Waals surface area contributed by atoms with Gasteiger partial charge in [0.2, 0.25) is 5.91 Å². The van der Waals surface area contributed by atoms with Crippen LogP contribution < -0.4 is 5.32 Å². The van der Waals surface area contributed by atoms with Gasteiger partial charge in [-0.05, 0) is 105 Å². The van der Waals surface area contributed by atoms with E-state index in [4.69, 9.17) is 0 Å². The molecule has 4 aliphatic carbocycles. The minimum atomic E-state index is -1.13. The smallest absolute Gasteiger partial charge is 0.234 e. The van der Waals surface area contributed by atoms with Gasteiger partial charge in [0.25, 0.3) is 0 Å². The first-order valence-electron chi connectivity index (χ1n) is 11.1. The van der Waals surface area contributed by atoms with E-state index in [2.05, 4.69) is 15.3 Å². The fourth-order valence-corrected chi connectivity index (χ4v) is 6.72. The molecule has 0 saturated heterocycles. The van der Waals surface area contributed by atoms with Crippen LogP contribution in [0.3, 0.4) is 0 Å². The molecule has 0 atom stereocenters. The molecular weight excluding hydrogens is 374 g/mol. The van der Waals surface area contributed by atoms with E-state index in [1.807, 2.05) is 24.3 Å². The highest BCUT2D eigenvalue weighted by molar-refractivity contribution is 5.97.